The van der Waals surface area contributed by atoms with Crippen LogP contribution < -0.4 is 0 Å². The number of carbonyl (C=O) groups is 1. The molecule has 1 aromatic heterocycles. The molecular formula is C17H23FN2O3. The van der Waals surface area contributed by atoms with Gasteiger partial charge in [0.25, 0.3) is 0 Å². The molecule has 2 atom stereocenters. The molecule has 0 saturated carbocycles. The minimum atomic E-state index is -1.25. The first-order valence-corrected chi connectivity index (χ1v) is 8.03. The van der Waals surface area contributed by atoms with Crippen molar-refractivity contribution < 1.29 is 19.0 Å². The third-order valence-corrected chi connectivity index (χ3v) is 4.64. The third-order valence-electron chi connectivity index (χ3n) is 4.64. The Morgan fingerprint density at radius 1 is 1.39 bits per heavy atom. The van der Waals surface area contributed by atoms with Gasteiger partial charge in [0.05, 0.1) is 11.8 Å². The highest BCUT2D eigenvalue weighted by molar-refractivity contribution is 5.69. The molecule has 0 aromatic carbocycles. The first-order valence-electron chi connectivity index (χ1n) is 8.03. The summed E-state index contributed by atoms with van der Waals surface area (Å²) in [5, 5.41) is 11.0. The summed E-state index contributed by atoms with van der Waals surface area (Å²) < 4.78 is 19.5. The quantitative estimate of drug-likeness (QED) is 0.863. The van der Waals surface area contributed by atoms with Crippen molar-refractivity contribution in [1.29, 1.82) is 0 Å². The molecule has 5 nitrogen and oxygen atoms in total. The van der Waals surface area contributed by atoms with E-state index in [2.05, 4.69) is 4.98 Å². The summed E-state index contributed by atoms with van der Waals surface area (Å²) in [6.07, 6.45) is 4.52. The van der Waals surface area contributed by atoms with Crippen LogP contribution in [0.3, 0.4) is 0 Å². The first-order chi connectivity index (χ1) is 10.7. The average molecular weight is 322 g/mol. The number of piperidine rings is 1. The standard InChI is InChI=1S/C17H23FN2O3/c1-16(2,3)23-15(21)20-11-4-5-12(20)9-17(22,8-11)13-6-7-19-10-14(13)18/h6-7,10-12,22H,4-5,8-9H2,1-3H3. The van der Waals surface area contributed by atoms with Crippen LogP contribution in [0.2, 0.25) is 0 Å². The summed E-state index contributed by atoms with van der Waals surface area (Å²) in [4.78, 5) is 17.9. The van der Waals surface area contributed by atoms with Crippen molar-refractivity contribution in [3.8, 4) is 0 Å². The number of carbonyl (C=O) groups excluding carboxylic acids is 1. The van der Waals surface area contributed by atoms with E-state index in [0.717, 1.165) is 19.0 Å². The fraction of sp³-hybridized carbons (Fsp3) is 0.647. The predicted molar refractivity (Wildman–Crippen MR) is 82.2 cm³/mol. The second-order valence-corrected chi connectivity index (χ2v) is 7.57. The van der Waals surface area contributed by atoms with Crippen molar-refractivity contribution in [2.75, 3.05) is 0 Å². The van der Waals surface area contributed by atoms with Gasteiger partial charge in [-0.1, -0.05) is 0 Å². The molecule has 0 aliphatic carbocycles. The molecule has 1 amide bonds. The van der Waals surface area contributed by atoms with Crippen LogP contribution in [0, 0.1) is 5.82 Å². The number of rotatable bonds is 1. The Morgan fingerprint density at radius 3 is 2.52 bits per heavy atom. The zero-order valence-corrected chi connectivity index (χ0v) is 13.8. The second kappa shape index (κ2) is 5.44. The van der Waals surface area contributed by atoms with E-state index in [1.165, 1.54) is 12.3 Å². The van der Waals surface area contributed by atoms with Gasteiger partial charge in [0, 0.05) is 36.7 Å². The highest BCUT2D eigenvalue weighted by Crippen LogP contribution is 2.46. The molecule has 3 heterocycles. The molecule has 1 aromatic rings. The smallest absolute Gasteiger partial charge is 0.410 e. The van der Waals surface area contributed by atoms with Crippen LogP contribution in [0.1, 0.15) is 52.0 Å². The molecule has 1 N–H and O–H groups in total. The second-order valence-electron chi connectivity index (χ2n) is 7.57. The van der Waals surface area contributed by atoms with Gasteiger partial charge in [-0.2, -0.15) is 0 Å². The molecule has 2 aliphatic rings. The predicted octanol–water partition coefficient (Wildman–Crippen LogP) is 2.97. The molecule has 0 spiro atoms. The highest BCUT2D eigenvalue weighted by Gasteiger charge is 2.51. The molecule has 0 radical (unpaired) electrons. The number of halogens is 1. The van der Waals surface area contributed by atoms with E-state index in [1.54, 1.807) is 4.90 Å². The van der Waals surface area contributed by atoms with Crippen molar-refractivity contribution in [1.82, 2.24) is 9.88 Å². The van der Waals surface area contributed by atoms with Crippen LogP contribution in [-0.2, 0) is 10.3 Å². The van der Waals surface area contributed by atoms with Crippen molar-refractivity contribution >= 4 is 6.09 Å². The summed E-state index contributed by atoms with van der Waals surface area (Å²) in [5.74, 6) is -0.500. The highest BCUT2D eigenvalue weighted by atomic mass is 19.1. The van der Waals surface area contributed by atoms with Crippen molar-refractivity contribution in [2.45, 2.75) is 69.7 Å². The topological polar surface area (TPSA) is 62.7 Å². The SMILES string of the molecule is CC(C)(C)OC(=O)N1C2CCC1CC(O)(c1ccncc1F)C2. The summed E-state index contributed by atoms with van der Waals surface area (Å²) in [7, 11) is 0. The van der Waals surface area contributed by atoms with Crippen molar-refractivity contribution in [2.24, 2.45) is 0 Å². The van der Waals surface area contributed by atoms with Gasteiger partial charge < -0.3 is 14.7 Å². The van der Waals surface area contributed by atoms with Gasteiger partial charge in [0.2, 0.25) is 0 Å². The van der Waals surface area contributed by atoms with Gasteiger partial charge in [-0.15, -0.1) is 0 Å². The van der Waals surface area contributed by atoms with E-state index in [-0.39, 0.29) is 23.7 Å². The maximum Gasteiger partial charge on any atom is 0.410 e. The molecule has 3 rings (SSSR count). The number of ether oxygens (including phenoxy) is 1. The molecule has 2 unspecified atom stereocenters. The van der Waals surface area contributed by atoms with E-state index < -0.39 is 17.0 Å². The van der Waals surface area contributed by atoms with Gasteiger partial charge in [-0.05, 0) is 39.7 Å². The first kappa shape index (κ1) is 16.2. The lowest BCUT2D eigenvalue weighted by molar-refractivity contribution is -0.0641. The molecule has 2 saturated heterocycles. The number of pyridine rings is 1. The molecular weight excluding hydrogens is 299 g/mol. The summed E-state index contributed by atoms with van der Waals surface area (Å²) in [6.45, 7) is 5.50. The van der Waals surface area contributed by atoms with Gasteiger partial charge in [0.15, 0.2) is 0 Å². The lowest BCUT2D eigenvalue weighted by atomic mass is 9.81. The van der Waals surface area contributed by atoms with Crippen LogP contribution >= 0.6 is 0 Å². The molecule has 2 bridgehead atoms. The van der Waals surface area contributed by atoms with Gasteiger partial charge in [-0.25, -0.2) is 9.18 Å². The number of hydrogen-bond acceptors (Lipinski definition) is 4. The zero-order valence-electron chi connectivity index (χ0n) is 13.8. The van der Waals surface area contributed by atoms with Crippen LogP contribution in [0.4, 0.5) is 9.18 Å². The fourth-order valence-corrected chi connectivity index (χ4v) is 3.81. The Bertz CT molecular complexity index is 600. The molecule has 2 fully saturated rings. The van der Waals surface area contributed by atoms with E-state index in [1.807, 2.05) is 20.8 Å². The van der Waals surface area contributed by atoms with Crippen molar-refractivity contribution in [3.63, 3.8) is 0 Å². The van der Waals surface area contributed by atoms with E-state index in [4.69, 9.17) is 4.74 Å². The van der Waals surface area contributed by atoms with E-state index in [0.29, 0.717) is 12.8 Å². The van der Waals surface area contributed by atoms with Gasteiger partial charge in [-0.3, -0.25) is 4.98 Å². The molecule has 126 valence electrons. The summed E-state index contributed by atoms with van der Waals surface area (Å²) >= 11 is 0. The molecule has 23 heavy (non-hydrogen) atoms. The Hall–Kier alpha value is -1.69. The minimum Gasteiger partial charge on any atom is -0.444 e. The number of nitrogens with zero attached hydrogens (tertiary/aromatic N) is 2. The van der Waals surface area contributed by atoms with Crippen molar-refractivity contribution in [3.05, 3.63) is 29.8 Å². The lowest BCUT2D eigenvalue weighted by Gasteiger charge is -2.44. The van der Waals surface area contributed by atoms with Crippen LogP contribution in [0.25, 0.3) is 0 Å². The van der Waals surface area contributed by atoms with Crippen LogP contribution in [0.5, 0.6) is 0 Å². The van der Waals surface area contributed by atoms with E-state index >= 15 is 0 Å². The molecule has 6 heteroatoms. The Labute approximate surface area is 135 Å². The van der Waals surface area contributed by atoms with Gasteiger partial charge in [0.1, 0.15) is 11.4 Å². The Balaban J connectivity index is 1.82. The molecule has 2 aliphatic heterocycles. The number of aliphatic hydroxyl groups is 1. The maximum atomic E-state index is 14.0. The third kappa shape index (κ3) is 3.04. The lowest BCUT2D eigenvalue weighted by Crippen LogP contribution is -2.53. The number of fused-ring (bicyclic) bond motifs is 2. The fourth-order valence-electron chi connectivity index (χ4n) is 3.81. The van der Waals surface area contributed by atoms with E-state index in [9.17, 15) is 14.3 Å². The summed E-state index contributed by atoms with van der Waals surface area (Å²) in [5.41, 5.74) is -1.54. The Morgan fingerprint density at radius 2 is 2.00 bits per heavy atom. The minimum absolute atomic E-state index is 0.124. The zero-order chi connectivity index (χ0) is 16.8. The normalized spacial score (nSPS) is 30.4. The van der Waals surface area contributed by atoms with Gasteiger partial charge >= 0.3 is 6.09 Å². The Kier molecular flexibility index (Phi) is 3.83. The van der Waals surface area contributed by atoms with Crippen LogP contribution in [-0.4, -0.2) is 38.8 Å². The number of amides is 1. The summed E-state index contributed by atoms with van der Waals surface area (Å²) in [6, 6.07) is 1.28. The average Bonchev–Trinajstić information content (AvgIpc) is 2.70. The van der Waals surface area contributed by atoms with Crippen LogP contribution in [0.15, 0.2) is 18.5 Å². The number of hydrogen-bond donors (Lipinski definition) is 1. The number of aromatic nitrogens is 1. The maximum absolute atomic E-state index is 14.0. The largest absolute Gasteiger partial charge is 0.444 e. The monoisotopic (exact) mass is 322 g/mol.